The summed E-state index contributed by atoms with van der Waals surface area (Å²) in [4.78, 5) is 12.6. The molecule has 32 heavy (non-hydrogen) atoms. The van der Waals surface area contributed by atoms with Gasteiger partial charge in [-0.25, -0.2) is 8.42 Å². The fourth-order valence-corrected chi connectivity index (χ4v) is 4.38. The number of carbonyl (C=O) groups is 1. The summed E-state index contributed by atoms with van der Waals surface area (Å²) in [6.45, 7) is 1.47. The zero-order chi connectivity index (χ0) is 22.4. The van der Waals surface area contributed by atoms with Gasteiger partial charge in [-0.05, 0) is 42.3 Å². The Morgan fingerprint density at radius 3 is 2.47 bits per heavy atom. The van der Waals surface area contributed by atoms with Crippen LogP contribution in [0.2, 0.25) is 0 Å². The van der Waals surface area contributed by atoms with Crippen LogP contribution in [0.4, 0.5) is 5.69 Å². The number of anilines is 1. The Balaban J connectivity index is 1.42. The third-order valence-corrected chi connectivity index (χ3v) is 6.33. The number of fused-ring (bicyclic) bond motifs is 1. The summed E-state index contributed by atoms with van der Waals surface area (Å²) >= 11 is 0. The van der Waals surface area contributed by atoms with Gasteiger partial charge >= 0.3 is 0 Å². The number of benzene rings is 3. The Bertz CT molecular complexity index is 1200. The zero-order valence-electron chi connectivity index (χ0n) is 17.4. The van der Waals surface area contributed by atoms with Crippen LogP contribution in [0.5, 0.6) is 11.5 Å². The minimum absolute atomic E-state index is 0.0551. The number of rotatable bonds is 7. The second-order valence-corrected chi connectivity index (χ2v) is 9.02. The van der Waals surface area contributed by atoms with Gasteiger partial charge in [0.15, 0.2) is 11.5 Å². The van der Waals surface area contributed by atoms with E-state index in [2.05, 4.69) is 10.0 Å². The van der Waals surface area contributed by atoms with Crippen LogP contribution in [-0.2, 0) is 16.4 Å². The second-order valence-electron chi connectivity index (χ2n) is 7.34. The zero-order valence-corrected chi connectivity index (χ0v) is 18.2. The fraction of sp³-hybridized carbons (Fsp3) is 0.208. The molecule has 0 aliphatic carbocycles. The molecule has 4 rings (SSSR count). The molecule has 0 bridgehead atoms. The van der Waals surface area contributed by atoms with Crippen molar-refractivity contribution in [3.63, 3.8) is 0 Å². The lowest BCUT2D eigenvalue weighted by Crippen LogP contribution is -2.25. The maximum atomic E-state index is 12.9. The van der Waals surface area contributed by atoms with E-state index in [0.717, 1.165) is 12.0 Å². The quantitative estimate of drug-likeness (QED) is 0.571. The molecule has 166 valence electrons. The highest BCUT2D eigenvalue weighted by atomic mass is 32.2. The van der Waals surface area contributed by atoms with Crippen molar-refractivity contribution in [1.29, 1.82) is 0 Å². The maximum Gasteiger partial charge on any atom is 0.262 e. The van der Waals surface area contributed by atoms with Crippen molar-refractivity contribution < 1.29 is 22.7 Å². The van der Waals surface area contributed by atoms with Crippen molar-refractivity contribution in [2.45, 2.75) is 17.7 Å². The first-order valence-corrected chi connectivity index (χ1v) is 11.8. The van der Waals surface area contributed by atoms with Gasteiger partial charge in [-0.15, -0.1) is 0 Å². The van der Waals surface area contributed by atoms with Crippen molar-refractivity contribution in [2.75, 3.05) is 24.5 Å². The van der Waals surface area contributed by atoms with Crippen molar-refractivity contribution in [1.82, 2.24) is 5.32 Å². The lowest BCUT2D eigenvalue weighted by atomic mass is 10.1. The standard InChI is InChI=1S/C24H24N2O5S/c27-24(25-13-12-18-6-2-1-3-7-18)19-8-4-9-20(16-19)26-32(28,29)21-10-11-22-23(17-21)31-15-5-14-30-22/h1-4,6-11,16-17,26H,5,12-15H2,(H,25,27). The Morgan fingerprint density at radius 1 is 0.875 bits per heavy atom. The van der Waals surface area contributed by atoms with E-state index < -0.39 is 10.0 Å². The van der Waals surface area contributed by atoms with Crippen LogP contribution in [0.1, 0.15) is 22.3 Å². The van der Waals surface area contributed by atoms with Gasteiger partial charge in [0.05, 0.1) is 18.1 Å². The van der Waals surface area contributed by atoms with Crippen LogP contribution in [-0.4, -0.2) is 34.1 Å². The molecule has 0 spiro atoms. The molecule has 2 N–H and O–H groups in total. The first-order chi connectivity index (χ1) is 15.5. The highest BCUT2D eigenvalue weighted by Gasteiger charge is 2.19. The molecular weight excluding hydrogens is 428 g/mol. The van der Waals surface area contributed by atoms with Gasteiger partial charge in [-0.2, -0.15) is 0 Å². The van der Waals surface area contributed by atoms with E-state index >= 15 is 0 Å². The molecule has 1 amide bonds. The van der Waals surface area contributed by atoms with Crippen molar-refractivity contribution in [2.24, 2.45) is 0 Å². The van der Waals surface area contributed by atoms with Crippen molar-refractivity contribution >= 4 is 21.6 Å². The lowest BCUT2D eigenvalue weighted by molar-refractivity contribution is 0.0954. The lowest BCUT2D eigenvalue weighted by Gasteiger charge is -2.12. The van der Waals surface area contributed by atoms with Crippen LogP contribution in [0, 0.1) is 0 Å². The smallest absolute Gasteiger partial charge is 0.262 e. The molecule has 0 radical (unpaired) electrons. The van der Waals surface area contributed by atoms with Gasteiger partial charge in [0, 0.05) is 30.3 Å². The highest BCUT2D eigenvalue weighted by molar-refractivity contribution is 7.92. The Morgan fingerprint density at radius 2 is 1.66 bits per heavy atom. The van der Waals surface area contributed by atoms with Crippen molar-refractivity contribution in [3.05, 3.63) is 83.9 Å². The van der Waals surface area contributed by atoms with Gasteiger partial charge in [0.1, 0.15) is 0 Å². The molecule has 8 heteroatoms. The van der Waals surface area contributed by atoms with E-state index in [1.165, 1.54) is 18.2 Å². The normalized spacial score (nSPS) is 13.1. The van der Waals surface area contributed by atoms with Crippen LogP contribution in [0.3, 0.4) is 0 Å². The van der Waals surface area contributed by atoms with Gasteiger partial charge in [-0.1, -0.05) is 36.4 Å². The second kappa shape index (κ2) is 9.74. The molecule has 1 aliphatic heterocycles. The van der Waals surface area contributed by atoms with E-state index in [1.54, 1.807) is 24.3 Å². The monoisotopic (exact) mass is 452 g/mol. The fourth-order valence-electron chi connectivity index (χ4n) is 3.32. The highest BCUT2D eigenvalue weighted by Crippen LogP contribution is 2.32. The van der Waals surface area contributed by atoms with Crippen LogP contribution < -0.4 is 19.5 Å². The minimum Gasteiger partial charge on any atom is -0.490 e. The summed E-state index contributed by atoms with van der Waals surface area (Å²) in [6, 6.07) is 20.8. The summed E-state index contributed by atoms with van der Waals surface area (Å²) in [6.07, 6.45) is 1.44. The van der Waals surface area contributed by atoms with Crippen LogP contribution >= 0.6 is 0 Å². The average molecular weight is 453 g/mol. The summed E-state index contributed by atoms with van der Waals surface area (Å²) in [5.41, 5.74) is 1.80. The van der Waals surface area contributed by atoms with Gasteiger partial charge in [0.25, 0.3) is 15.9 Å². The summed E-state index contributed by atoms with van der Waals surface area (Å²) in [7, 11) is -3.87. The first-order valence-electron chi connectivity index (χ1n) is 10.4. The van der Waals surface area contributed by atoms with Gasteiger partial charge in [-0.3, -0.25) is 9.52 Å². The largest absolute Gasteiger partial charge is 0.490 e. The molecule has 0 unspecified atom stereocenters. The van der Waals surface area contributed by atoms with Crippen LogP contribution in [0.25, 0.3) is 0 Å². The van der Waals surface area contributed by atoms with Gasteiger partial charge < -0.3 is 14.8 Å². The SMILES string of the molecule is O=C(NCCc1ccccc1)c1cccc(NS(=O)(=O)c2ccc3c(c2)OCCCO3)c1. The van der Waals surface area contributed by atoms with Crippen LogP contribution in [0.15, 0.2) is 77.7 Å². The molecule has 3 aromatic carbocycles. The molecule has 0 saturated heterocycles. The Labute approximate surface area is 187 Å². The Kier molecular flexibility index (Phi) is 6.61. The first kappa shape index (κ1) is 21.7. The summed E-state index contributed by atoms with van der Waals surface area (Å²) in [5.74, 6) is 0.657. The molecular formula is C24H24N2O5S. The van der Waals surface area contributed by atoms with E-state index in [9.17, 15) is 13.2 Å². The predicted molar refractivity (Wildman–Crippen MR) is 122 cm³/mol. The number of sulfonamides is 1. The molecule has 3 aromatic rings. The third kappa shape index (κ3) is 5.39. The molecule has 1 aliphatic rings. The van der Waals surface area contributed by atoms with Crippen molar-refractivity contribution in [3.8, 4) is 11.5 Å². The molecule has 0 atom stereocenters. The number of amides is 1. The number of hydrogen-bond acceptors (Lipinski definition) is 5. The number of ether oxygens (including phenoxy) is 2. The molecule has 0 aromatic heterocycles. The average Bonchev–Trinajstić information content (AvgIpc) is 3.04. The number of carbonyl (C=O) groups excluding carboxylic acids is 1. The minimum atomic E-state index is -3.87. The van der Waals surface area contributed by atoms with E-state index in [0.29, 0.717) is 48.9 Å². The number of nitrogens with one attached hydrogen (secondary N) is 2. The topological polar surface area (TPSA) is 93.7 Å². The molecule has 7 nitrogen and oxygen atoms in total. The van der Waals surface area contributed by atoms with E-state index in [1.807, 2.05) is 30.3 Å². The summed E-state index contributed by atoms with van der Waals surface area (Å²) in [5, 5.41) is 2.86. The summed E-state index contributed by atoms with van der Waals surface area (Å²) < 4.78 is 39.4. The molecule has 0 fully saturated rings. The molecule has 0 saturated carbocycles. The van der Waals surface area contributed by atoms with E-state index in [-0.39, 0.29) is 10.8 Å². The predicted octanol–water partition coefficient (Wildman–Crippen LogP) is 3.62. The molecule has 1 heterocycles. The Hall–Kier alpha value is -3.52. The van der Waals surface area contributed by atoms with Gasteiger partial charge in [0.2, 0.25) is 0 Å². The third-order valence-electron chi connectivity index (χ3n) is 4.95. The maximum absolute atomic E-state index is 12.9. The van der Waals surface area contributed by atoms with E-state index in [4.69, 9.17) is 9.47 Å². The number of hydrogen-bond donors (Lipinski definition) is 2.